The van der Waals surface area contributed by atoms with Gasteiger partial charge in [-0.1, -0.05) is 17.8 Å². The summed E-state index contributed by atoms with van der Waals surface area (Å²) in [7, 11) is 0. The minimum atomic E-state index is 0.332. The molecule has 0 unspecified atom stereocenters. The first kappa shape index (κ1) is 17.8. The SMILES string of the molecule is C=CCn1c(SCc2nnc(-c3ccc(Br)o3)o2)nnc1-c1ccoc1C. The maximum Gasteiger partial charge on any atom is 0.283 e. The van der Waals surface area contributed by atoms with E-state index in [0.29, 0.717) is 34.5 Å². The molecule has 138 valence electrons. The third kappa shape index (κ3) is 3.62. The maximum absolute atomic E-state index is 5.65. The van der Waals surface area contributed by atoms with Crippen LogP contribution in [-0.4, -0.2) is 25.0 Å². The van der Waals surface area contributed by atoms with Gasteiger partial charge in [-0.05, 0) is 41.1 Å². The van der Waals surface area contributed by atoms with E-state index in [9.17, 15) is 0 Å². The zero-order chi connectivity index (χ0) is 18.8. The molecule has 0 N–H and O–H groups in total. The van der Waals surface area contributed by atoms with Crippen LogP contribution in [0.15, 0.2) is 60.2 Å². The van der Waals surface area contributed by atoms with Crippen molar-refractivity contribution in [1.82, 2.24) is 25.0 Å². The van der Waals surface area contributed by atoms with Crippen LogP contribution in [0.5, 0.6) is 0 Å². The lowest BCUT2D eigenvalue weighted by atomic mass is 10.2. The number of nitrogens with zero attached hydrogens (tertiary/aromatic N) is 5. The van der Waals surface area contributed by atoms with Crippen molar-refractivity contribution in [2.45, 2.75) is 24.4 Å². The summed E-state index contributed by atoms with van der Waals surface area (Å²) in [5.74, 6) is 3.29. The molecule has 10 heteroatoms. The molecule has 0 saturated heterocycles. The molecule has 0 atom stereocenters. The fourth-order valence-corrected chi connectivity index (χ4v) is 3.56. The first-order valence-electron chi connectivity index (χ1n) is 7.95. The molecule has 0 aliphatic heterocycles. The van der Waals surface area contributed by atoms with Gasteiger partial charge in [0, 0.05) is 6.54 Å². The zero-order valence-electron chi connectivity index (χ0n) is 14.3. The van der Waals surface area contributed by atoms with Crippen LogP contribution in [0.2, 0.25) is 0 Å². The van der Waals surface area contributed by atoms with Gasteiger partial charge >= 0.3 is 0 Å². The van der Waals surface area contributed by atoms with Gasteiger partial charge in [-0.2, -0.15) is 0 Å². The summed E-state index contributed by atoms with van der Waals surface area (Å²) in [6, 6.07) is 5.40. The summed E-state index contributed by atoms with van der Waals surface area (Å²) < 4.78 is 19.0. The second-order valence-corrected chi connectivity index (χ2v) is 7.21. The standard InChI is InChI=1S/C17H14BrN5O3S/c1-3-7-23-15(11-6-8-24-10(11)2)20-22-17(23)27-9-14-19-21-16(26-14)12-4-5-13(18)25-12/h3-6,8H,1,7,9H2,2H3. The lowest BCUT2D eigenvalue weighted by molar-refractivity contribution is 0.486. The van der Waals surface area contributed by atoms with Crippen LogP contribution < -0.4 is 0 Å². The first-order chi connectivity index (χ1) is 13.2. The average Bonchev–Trinajstić information content (AvgIpc) is 3.41. The number of halogens is 1. The predicted molar refractivity (Wildman–Crippen MR) is 102 cm³/mol. The van der Waals surface area contributed by atoms with E-state index in [1.807, 2.05) is 17.6 Å². The topological polar surface area (TPSA) is 95.9 Å². The van der Waals surface area contributed by atoms with E-state index in [1.54, 1.807) is 24.5 Å². The largest absolute Gasteiger partial charge is 0.469 e. The van der Waals surface area contributed by atoms with E-state index in [0.717, 1.165) is 22.3 Å². The lowest BCUT2D eigenvalue weighted by Gasteiger charge is -2.06. The third-order valence-corrected chi connectivity index (χ3v) is 5.08. The van der Waals surface area contributed by atoms with Gasteiger partial charge in [0.1, 0.15) is 5.76 Å². The molecule has 0 aromatic carbocycles. The van der Waals surface area contributed by atoms with Gasteiger partial charge in [0.25, 0.3) is 5.89 Å². The molecule has 0 aliphatic carbocycles. The zero-order valence-corrected chi connectivity index (χ0v) is 16.7. The second kappa shape index (κ2) is 7.57. The third-order valence-electron chi connectivity index (χ3n) is 3.70. The van der Waals surface area contributed by atoms with Crippen LogP contribution in [0.4, 0.5) is 0 Å². The Morgan fingerprint density at radius 2 is 2.07 bits per heavy atom. The normalized spacial score (nSPS) is 11.2. The molecular formula is C17H14BrN5O3S. The minimum absolute atomic E-state index is 0.332. The van der Waals surface area contributed by atoms with Crippen molar-refractivity contribution in [3.8, 4) is 23.0 Å². The predicted octanol–water partition coefficient (Wildman–Crippen LogP) is 4.73. The Kier molecular flexibility index (Phi) is 4.99. The molecule has 0 radical (unpaired) electrons. The Labute approximate surface area is 166 Å². The molecule has 8 nitrogen and oxygen atoms in total. The Morgan fingerprint density at radius 1 is 1.19 bits per heavy atom. The summed E-state index contributed by atoms with van der Waals surface area (Å²) in [6.07, 6.45) is 3.43. The van der Waals surface area contributed by atoms with Crippen molar-refractivity contribution >= 4 is 27.7 Å². The van der Waals surface area contributed by atoms with Crippen LogP contribution in [0, 0.1) is 6.92 Å². The lowest BCUT2D eigenvalue weighted by Crippen LogP contribution is -2.00. The number of allylic oxidation sites excluding steroid dienone is 1. The van der Waals surface area contributed by atoms with Crippen molar-refractivity contribution < 1.29 is 13.3 Å². The fourth-order valence-electron chi connectivity index (χ4n) is 2.47. The van der Waals surface area contributed by atoms with Gasteiger partial charge in [-0.15, -0.1) is 27.0 Å². The highest BCUT2D eigenvalue weighted by molar-refractivity contribution is 9.10. The number of aryl methyl sites for hydroxylation is 1. The highest BCUT2D eigenvalue weighted by Crippen LogP contribution is 2.29. The van der Waals surface area contributed by atoms with E-state index in [4.69, 9.17) is 13.3 Å². The van der Waals surface area contributed by atoms with Gasteiger partial charge in [-0.25, -0.2) is 0 Å². The van der Waals surface area contributed by atoms with Crippen molar-refractivity contribution in [1.29, 1.82) is 0 Å². The van der Waals surface area contributed by atoms with Crippen molar-refractivity contribution in [3.05, 3.63) is 53.4 Å². The van der Waals surface area contributed by atoms with Crippen LogP contribution in [0.25, 0.3) is 23.0 Å². The molecule has 4 aromatic heterocycles. The highest BCUT2D eigenvalue weighted by atomic mass is 79.9. The van der Waals surface area contributed by atoms with Crippen LogP contribution >= 0.6 is 27.7 Å². The first-order valence-corrected chi connectivity index (χ1v) is 9.73. The molecule has 0 aliphatic rings. The van der Waals surface area contributed by atoms with Crippen molar-refractivity contribution in [2.24, 2.45) is 0 Å². The molecule has 4 heterocycles. The Bertz CT molecular complexity index is 1080. The molecule has 0 spiro atoms. The smallest absolute Gasteiger partial charge is 0.283 e. The number of aromatic nitrogens is 5. The Hall–Kier alpha value is -2.59. The molecule has 0 amide bonds. The number of thioether (sulfide) groups is 1. The maximum atomic E-state index is 5.65. The van der Waals surface area contributed by atoms with E-state index in [2.05, 4.69) is 42.9 Å². The van der Waals surface area contributed by atoms with Crippen LogP contribution in [-0.2, 0) is 12.3 Å². The second-order valence-electron chi connectivity index (χ2n) is 5.49. The summed E-state index contributed by atoms with van der Waals surface area (Å²) in [6.45, 7) is 6.28. The summed E-state index contributed by atoms with van der Waals surface area (Å²) in [5.41, 5.74) is 0.902. The molecule has 0 bridgehead atoms. The van der Waals surface area contributed by atoms with Crippen LogP contribution in [0.1, 0.15) is 11.7 Å². The summed E-state index contributed by atoms with van der Waals surface area (Å²) in [5, 5.41) is 17.4. The fraction of sp³-hybridized carbons (Fsp3) is 0.176. The van der Waals surface area contributed by atoms with Crippen molar-refractivity contribution in [3.63, 3.8) is 0 Å². The van der Waals surface area contributed by atoms with Crippen LogP contribution in [0.3, 0.4) is 0 Å². The summed E-state index contributed by atoms with van der Waals surface area (Å²) >= 11 is 4.70. The number of hydrogen-bond donors (Lipinski definition) is 0. The van der Waals surface area contributed by atoms with Gasteiger partial charge in [-0.3, -0.25) is 4.57 Å². The summed E-state index contributed by atoms with van der Waals surface area (Å²) in [4.78, 5) is 0. The van der Waals surface area contributed by atoms with Crippen molar-refractivity contribution in [2.75, 3.05) is 0 Å². The number of rotatable bonds is 7. The molecule has 0 fully saturated rings. The van der Waals surface area contributed by atoms with E-state index >= 15 is 0 Å². The Morgan fingerprint density at radius 3 is 2.78 bits per heavy atom. The van der Waals surface area contributed by atoms with Gasteiger partial charge in [0.15, 0.2) is 21.4 Å². The highest BCUT2D eigenvalue weighted by Gasteiger charge is 2.18. The minimum Gasteiger partial charge on any atom is -0.469 e. The van der Waals surface area contributed by atoms with E-state index < -0.39 is 0 Å². The van der Waals surface area contributed by atoms with E-state index in [1.165, 1.54) is 11.8 Å². The molecular weight excluding hydrogens is 434 g/mol. The van der Waals surface area contributed by atoms with Gasteiger partial charge in [0.2, 0.25) is 5.89 Å². The Balaban J connectivity index is 1.53. The van der Waals surface area contributed by atoms with Gasteiger partial charge < -0.3 is 13.3 Å². The van der Waals surface area contributed by atoms with Gasteiger partial charge in [0.05, 0.1) is 17.6 Å². The average molecular weight is 448 g/mol. The molecule has 27 heavy (non-hydrogen) atoms. The number of hydrogen-bond acceptors (Lipinski definition) is 8. The molecule has 4 rings (SSSR count). The van der Waals surface area contributed by atoms with E-state index in [-0.39, 0.29) is 0 Å². The monoisotopic (exact) mass is 447 g/mol. The quantitative estimate of drug-likeness (QED) is 0.296. The molecule has 4 aromatic rings. The molecule has 0 saturated carbocycles. The number of furan rings is 2.